The number of hydrogen-bond acceptors (Lipinski definition) is 8. The third-order valence-electron chi connectivity index (χ3n) is 9.09. The molecule has 3 aromatic rings. The molecule has 48 heavy (non-hydrogen) atoms. The Morgan fingerprint density at radius 1 is 0.854 bits per heavy atom. The number of esters is 1. The number of hydrogen-bond donors (Lipinski definition) is 0. The van der Waals surface area contributed by atoms with Crippen LogP contribution in [0, 0.1) is 5.92 Å². The lowest BCUT2D eigenvalue weighted by atomic mass is 9.85. The van der Waals surface area contributed by atoms with Gasteiger partial charge >= 0.3 is 12.1 Å². The van der Waals surface area contributed by atoms with E-state index >= 15 is 0 Å². The van der Waals surface area contributed by atoms with Gasteiger partial charge in [0.2, 0.25) is 5.91 Å². The van der Waals surface area contributed by atoms with Crippen LogP contribution in [0.5, 0.6) is 11.5 Å². The van der Waals surface area contributed by atoms with Crippen LogP contribution in [0.2, 0.25) is 18.1 Å². The molecule has 258 valence electrons. The van der Waals surface area contributed by atoms with Crippen molar-refractivity contribution in [1.29, 1.82) is 0 Å². The van der Waals surface area contributed by atoms with E-state index in [1.807, 2.05) is 79.9 Å². The maximum Gasteiger partial charge on any atom is 0.416 e. The molecule has 2 atom stereocenters. The number of aromatic nitrogens is 1. The molecule has 0 saturated carbocycles. The molecule has 11 heteroatoms. The van der Waals surface area contributed by atoms with Gasteiger partial charge in [-0.25, -0.2) is 14.6 Å². The summed E-state index contributed by atoms with van der Waals surface area (Å²) >= 11 is 0. The van der Waals surface area contributed by atoms with E-state index in [-0.39, 0.29) is 30.5 Å². The van der Waals surface area contributed by atoms with Gasteiger partial charge in [-0.15, -0.1) is 0 Å². The summed E-state index contributed by atoms with van der Waals surface area (Å²) in [6.07, 6.45) is 1.35. The maximum atomic E-state index is 13.9. The third-order valence-corrected chi connectivity index (χ3v) is 14.5. The molecule has 2 heterocycles. The van der Waals surface area contributed by atoms with Crippen molar-refractivity contribution < 1.29 is 33.3 Å². The highest BCUT2D eigenvalue weighted by molar-refractivity contribution is 6.80. The molecule has 2 aromatic carbocycles. The molecule has 0 radical (unpaired) electrons. The van der Waals surface area contributed by atoms with Crippen LogP contribution >= 0.6 is 0 Å². The van der Waals surface area contributed by atoms with E-state index in [4.69, 9.17) is 18.9 Å². The Kier molecular flexibility index (Phi) is 10.9. The molecule has 1 saturated heterocycles. The quantitative estimate of drug-likeness (QED) is 0.120. The molecule has 0 N–H and O–H groups in total. The van der Waals surface area contributed by atoms with Crippen molar-refractivity contribution in [2.24, 2.45) is 5.92 Å². The fraction of sp³-hybridized carbons (Fsp3) is 0.459. The molecule has 1 aromatic heterocycles. The zero-order chi connectivity index (χ0) is 35.4. The van der Waals surface area contributed by atoms with Gasteiger partial charge in [-0.2, -0.15) is 0 Å². The van der Waals surface area contributed by atoms with Gasteiger partial charge in [0.05, 0.1) is 26.7 Å². The number of anilines is 1. The fourth-order valence-corrected chi connectivity index (χ4v) is 7.84. The summed E-state index contributed by atoms with van der Waals surface area (Å²) in [6.45, 7) is 16.3. The van der Waals surface area contributed by atoms with E-state index in [2.05, 4.69) is 38.8 Å². The molecule has 1 aliphatic heterocycles. The van der Waals surface area contributed by atoms with Gasteiger partial charge < -0.3 is 23.5 Å². The van der Waals surface area contributed by atoms with E-state index in [0.717, 1.165) is 16.7 Å². The molecule has 0 aliphatic carbocycles. The third kappa shape index (κ3) is 8.36. The maximum absolute atomic E-state index is 13.9. The van der Waals surface area contributed by atoms with Crippen LogP contribution in [0.25, 0.3) is 0 Å². The van der Waals surface area contributed by atoms with Crippen LogP contribution in [0.3, 0.4) is 0 Å². The average Bonchev–Trinajstić information content (AvgIpc) is 3.02. The summed E-state index contributed by atoms with van der Waals surface area (Å²) in [7, 11) is 0.764. The Morgan fingerprint density at radius 2 is 1.42 bits per heavy atom. The molecule has 10 nitrogen and oxygen atoms in total. The Balaban J connectivity index is 1.61. The zero-order valence-corrected chi connectivity index (χ0v) is 30.8. The molecule has 0 spiro atoms. The van der Waals surface area contributed by atoms with Crippen LogP contribution in [0.1, 0.15) is 58.2 Å². The number of β-lactam (4-membered cyclic amide) rings is 1. The van der Waals surface area contributed by atoms with E-state index in [1.54, 1.807) is 26.5 Å². The number of carbonyl (C=O) groups excluding carboxylic acids is 3. The summed E-state index contributed by atoms with van der Waals surface area (Å²) in [4.78, 5) is 47.2. The summed E-state index contributed by atoms with van der Waals surface area (Å²) in [5, 5.41) is -0.179. The highest BCUT2D eigenvalue weighted by Crippen LogP contribution is 2.46. The van der Waals surface area contributed by atoms with Crippen LogP contribution in [-0.2, 0) is 38.6 Å². The number of pyridine rings is 1. The Labute approximate surface area is 285 Å². The standard InChI is InChI=1S/C37H49N3O7Si/c1-36(2,3)47-35(43)39(23-25-11-15-28(44-7)16-12-25)31-22-27(19-20-38-31)21-30-32(40(33(30)41)48(9,10)37(4,5)6)34(42)46-24-26-13-17-29(45-8)18-14-26/h11-20,22,30,32H,21,23-24H2,1-10H3/t30-,32+/m1/s1. The first-order valence-corrected chi connectivity index (χ1v) is 19.1. The Hall–Kier alpha value is -4.38. The molecule has 4 rings (SSSR count). The topological polar surface area (TPSA) is 108 Å². The first-order valence-electron chi connectivity index (χ1n) is 16.2. The molecule has 0 unspecified atom stereocenters. The number of carbonyl (C=O) groups is 3. The number of nitrogens with zero attached hydrogens (tertiary/aromatic N) is 3. The van der Waals surface area contributed by atoms with Crippen LogP contribution in [0.4, 0.5) is 10.6 Å². The second kappa shape index (κ2) is 14.4. The van der Waals surface area contributed by atoms with Crippen LogP contribution in [0.15, 0.2) is 66.9 Å². The van der Waals surface area contributed by atoms with Crippen molar-refractivity contribution in [2.75, 3.05) is 19.1 Å². The van der Waals surface area contributed by atoms with Gasteiger partial charge in [-0.1, -0.05) is 58.1 Å². The van der Waals surface area contributed by atoms with E-state index in [1.165, 1.54) is 4.90 Å². The fourth-order valence-electron chi connectivity index (χ4n) is 5.42. The molecule has 1 aliphatic rings. The highest BCUT2D eigenvalue weighted by Gasteiger charge is 2.60. The largest absolute Gasteiger partial charge is 0.497 e. The van der Waals surface area contributed by atoms with Gasteiger partial charge in [0.15, 0.2) is 8.24 Å². The molecule has 1 fully saturated rings. The molecule has 2 amide bonds. The Morgan fingerprint density at radius 3 is 1.94 bits per heavy atom. The van der Waals surface area contributed by atoms with E-state index in [9.17, 15) is 14.4 Å². The van der Waals surface area contributed by atoms with Crippen molar-refractivity contribution >= 4 is 32.0 Å². The van der Waals surface area contributed by atoms with Crippen LogP contribution in [-0.4, -0.2) is 61.6 Å². The summed E-state index contributed by atoms with van der Waals surface area (Å²) in [5.41, 5.74) is 1.72. The van der Waals surface area contributed by atoms with Crippen molar-refractivity contribution in [3.05, 3.63) is 83.6 Å². The van der Waals surface area contributed by atoms with Crippen molar-refractivity contribution in [3.8, 4) is 11.5 Å². The number of benzene rings is 2. The average molecular weight is 676 g/mol. The number of amides is 2. The van der Waals surface area contributed by atoms with E-state index < -0.39 is 37.9 Å². The monoisotopic (exact) mass is 675 g/mol. The minimum atomic E-state index is -2.43. The van der Waals surface area contributed by atoms with Crippen LogP contribution < -0.4 is 14.4 Å². The lowest BCUT2D eigenvalue weighted by molar-refractivity contribution is -0.168. The summed E-state index contributed by atoms with van der Waals surface area (Å²) in [5.74, 6) is 0.693. The first-order chi connectivity index (χ1) is 22.4. The lowest BCUT2D eigenvalue weighted by Gasteiger charge is -2.57. The molecule has 0 bridgehead atoms. The molecular formula is C37H49N3O7Si. The van der Waals surface area contributed by atoms with Gasteiger partial charge in [0.25, 0.3) is 0 Å². The minimum absolute atomic E-state index is 0.0615. The van der Waals surface area contributed by atoms with Gasteiger partial charge in [0, 0.05) is 6.20 Å². The second-order valence-electron chi connectivity index (χ2n) is 14.7. The number of ether oxygens (including phenoxy) is 4. The lowest BCUT2D eigenvalue weighted by Crippen LogP contribution is -2.75. The summed E-state index contributed by atoms with van der Waals surface area (Å²) in [6, 6.07) is 17.6. The van der Waals surface area contributed by atoms with Gasteiger partial charge in [0.1, 0.15) is 35.6 Å². The predicted molar refractivity (Wildman–Crippen MR) is 187 cm³/mol. The predicted octanol–water partition coefficient (Wildman–Crippen LogP) is 7.16. The summed E-state index contributed by atoms with van der Waals surface area (Å²) < 4.78 is 23.9. The van der Waals surface area contributed by atoms with E-state index in [0.29, 0.717) is 17.3 Å². The smallest absolute Gasteiger partial charge is 0.416 e. The number of rotatable bonds is 11. The normalized spacial score (nSPS) is 16.5. The van der Waals surface area contributed by atoms with Crippen molar-refractivity contribution in [2.45, 2.75) is 90.9 Å². The SMILES string of the molecule is COc1ccc(COC(=O)[C@@H]2[C@@H](Cc3ccnc(N(Cc4ccc(OC)cc4)C(=O)OC(C)(C)C)c3)C(=O)N2[Si](C)(C)C(C)(C)C)cc1. The second-order valence-corrected chi connectivity index (χ2v) is 19.8. The minimum Gasteiger partial charge on any atom is -0.497 e. The van der Waals surface area contributed by atoms with Gasteiger partial charge in [-0.3, -0.25) is 9.69 Å². The zero-order valence-electron chi connectivity index (χ0n) is 29.8. The van der Waals surface area contributed by atoms with Crippen molar-refractivity contribution in [1.82, 2.24) is 9.55 Å². The molecular weight excluding hydrogens is 627 g/mol. The Bertz CT molecular complexity index is 1590. The van der Waals surface area contributed by atoms with Crippen molar-refractivity contribution in [3.63, 3.8) is 0 Å². The van der Waals surface area contributed by atoms with Gasteiger partial charge in [-0.05, 0) is 85.3 Å². The first kappa shape index (κ1) is 36.5. The highest BCUT2D eigenvalue weighted by atomic mass is 28.3. The number of methoxy groups -OCH3 is 2.